The molecule has 1 fully saturated rings. The zero-order valence-electron chi connectivity index (χ0n) is 19.9. The maximum absolute atomic E-state index is 14.0. The van der Waals surface area contributed by atoms with Gasteiger partial charge in [-0.25, -0.2) is 4.39 Å². The standard InChI is InChI=1S/C30H31FN2O/c1-33(2)29(22-8-4-3-5-9-22)17-18-30(26(20-29)21-12-14-23(31)15-13-21)28-25(16-19-34-30)24-10-6-7-11-27(24)32-28/h3-15,26,32H,16-20H2,1-2H3. The highest BCUT2D eigenvalue weighted by Crippen LogP contribution is 2.58. The van der Waals surface area contributed by atoms with Gasteiger partial charge in [0.25, 0.3) is 0 Å². The van der Waals surface area contributed by atoms with Crippen molar-refractivity contribution in [3.05, 3.63) is 107 Å². The molecule has 174 valence electrons. The van der Waals surface area contributed by atoms with Crippen LogP contribution in [0.5, 0.6) is 0 Å². The molecule has 0 saturated heterocycles. The molecule has 1 aromatic heterocycles. The highest BCUT2D eigenvalue weighted by Gasteiger charge is 2.55. The summed E-state index contributed by atoms with van der Waals surface area (Å²) in [5.74, 6) is -0.122. The molecule has 1 N–H and O–H groups in total. The molecular weight excluding hydrogens is 423 g/mol. The molecule has 2 heterocycles. The number of rotatable bonds is 3. The Labute approximate surface area is 200 Å². The van der Waals surface area contributed by atoms with Gasteiger partial charge < -0.3 is 9.72 Å². The number of hydrogen-bond acceptors (Lipinski definition) is 2. The molecular formula is C30H31FN2O. The summed E-state index contributed by atoms with van der Waals surface area (Å²) in [5, 5.41) is 1.30. The first-order chi connectivity index (χ1) is 16.5. The molecule has 3 aromatic carbocycles. The van der Waals surface area contributed by atoms with Gasteiger partial charge >= 0.3 is 0 Å². The third-order valence-corrected chi connectivity index (χ3v) is 8.40. The van der Waals surface area contributed by atoms with E-state index in [1.165, 1.54) is 27.7 Å². The van der Waals surface area contributed by atoms with Crippen molar-refractivity contribution in [1.29, 1.82) is 0 Å². The van der Waals surface area contributed by atoms with E-state index in [0.29, 0.717) is 6.61 Å². The van der Waals surface area contributed by atoms with E-state index in [1.807, 2.05) is 12.1 Å². The molecule has 3 atom stereocenters. The van der Waals surface area contributed by atoms with E-state index in [1.54, 1.807) is 12.1 Å². The third kappa shape index (κ3) is 3.16. The lowest BCUT2D eigenvalue weighted by atomic mass is 9.60. The maximum atomic E-state index is 14.0. The maximum Gasteiger partial charge on any atom is 0.123 e. The van der Waals surface area contributed by atoms with Crippen LogP contribution >= 0.6 is 0 Å². The van der Waals surface area contributed by atoms with E-state index in [9.17, 15) is 4.39 Å². The quantitative estimate of drug-likeness (QED) is 0.383. The fourth-order valence-electron chi connectivity index (χ4n) is 6.63. The van der Waals surface area contributed by atoms with Crippen molar-refractivity contribution in [1.82, 2.24) is 9.88 Å². The van der Waals surface area contributed by atoms with Crippen LogP contribution in [0.4, 0.5) is 4.39 Å². The summed E-state index contributed by atoms with van der Waals surface area (Å²) in [7, 11) is 4.37. The lowest BCUT2D eigenvalue weighted by molar-refractivity contribution is -0.129. The van der Waals surface area contributed by atoms with Gasteiger partial charge in [-0.1, -0.05) is 60.7 Å². The van der Waals surface area contributed by atoms with Crippen LogP contribution in [0.15, 0.2) is 78.9 Å². The monoisotopic (exact) mass is 454 g/mol. The van der Waals surface area contributed by atoms with E-state index >= 15 is 0 Å². The molecule has 1 spiro atoms. The van der Waals surface area contributed by atoms with Crippen molar-refractivity contribution in [2.75, 3.05) is 20.7 Å². The number of fused-ring (bicyclic) bond motifs is 4. The van der Waals surface area contributed by atoms with Crippen molar-refractivity contribution in [2.45, 2.75) is 42.7 Å². The van der Waals surface area contributed by atoms with E-state index in [0.717, 1.165) is 31.2 Å². The Hall–Kier alpha value is -2.95. The number of aromatic nitrogens is 1. The number of hydrogen-bond donors (Lipinski definition) is 1. The summed E-state index contributed by atoms with van der Waals surface area (Å²) in [6.45, 7) is 0.701. The highest BCUT2D eigenvalue weighted by molar-refractivity contribution is 5.85. The van der Waals surface area contributed by atoms with Gasteiger partial charge in [0.2, 0.25) is 0 Å². The zero-order valence-corrected chi connectivity index (χ0v) is 19.9. The summed E-state index contributed by atoms with van der Waals surface area (Å²) in [6.07, 6.45) is 3.68. The Morgan fingerprint density at radius 2 is 1.65 bits per heavy atom. The van der Waals surface area contributed by atoms with Crippen LogP contribution in [0.1, 0.15) is 47.6 Å². The van der Waals surface area contributed by atoms with Gasteiger partial charge in [-0.05, 0) is 74.7 Å². The average molecular weight is 455 g/mol. The normalized spacial score (nSPS) is 26.8. The molecule has 6 rings (SSSR count). The Morgan fingerprint density at radius 3 is 2.41 bits per heavy atom. The number of ether oxygens (including phenoxy) is 1. The molecule has 3 nitrogen and oxygen atoms in total. The molecule has 2 aliphatic rings. The average Bonchev–Trinajstić information content (AvgIpc) is 3.26. The second-order valence-electron chi connectivity index (χ2n) is 10.1. The van der Waals surface area contributed by atoms with Gasteiger partial charge in [0.05, 0.1) is 12.3 Å². The summed E-state index contributed by atoms with van der Waals surface area (Å²) < 4.78 is 20.8. The molecule has 1 aliphatic heterocycles. The van der Waals surface area contributed by atoms with Crippen molar-refractivity contribution in [3.63, 3.8) is 0 Å². The van der Waals surface area contributed by atoms with Crippen LogP contribution in [0.25, 0.3) is 10.9 Å². The summed E-state index contributed by atoms with van der Waals surface area (Å²) >= 11 is 0. The predicted molar refractivity (Wildman–Crippen MR) is 134 cm³/mol. The molecule has 1 saturated carbocycles. The Balaban J connectivity index is 1.55. The van der Waals surface area contributed by atoms with Crippen molar-refractivity contribution in [2.24, 2.45) is 0 Å². The summed E-state index contributed by atoms with van der Waals surface area (Å²) in [5.41, 5.74) is 5.64. The van der Waals surface area contributed by atoms with Crippen LogP contribution in [0.2, 0.25) is 0 Å². The van der Waals surface area contributed by atoms with Crippen molar-refractivity contribution in [3.8, 4) is 0 Å². The first-order valence-electron chi connectivity index (χ1n) is 12.3. The van der Waals surface area contributed by atoms with Crippen LogP contribution in [0, 0.1) is 5.82 Å². The molecule has 0 amide bonds. The lowest BCUT2D eigenvalue weighted by Gasteiger charge is -2.55. The van der Waals surface area contributed by atoms with Gasteiger partial charge in [-0.3, -0.25) is 4.90 Å². The van der Waals surface area contributed by atoms with Crippen LogP contribution in [0.3, 0.4) is 0 Å². The molecule has 34 heavy (non-hydrogen) atoms. The number of nitrogens with zero attached hydrogens (tertiary/aromatic N) is 1. The van der Waals surface area contributed by atoms with Gasteiger partial charge in [-0.2, -0.15) is 0 Å². The SMILES string of the molecule is CN(C)C1(c2ccccc2)CCC2(OCCc3c2[nH]c2ccccc32)C(c2ccc(F)cc2)C1. The van der Waals surface area contributed by atoms with E-state index in [2.05, 4.69) is 78.6 Å². The Morgan fingerprint density at radius 1 is 0.912 bits per heavy atom. The number of benzene rings is 3. The minimum Gasteiger partial charge on any atom is -0.368 e. The summed E-state index contributed by atoms with van der Waals surface area (Å²) in [6, 6.07) is 26.5. The van der Waals surface area contributed by atoms with Gasteiger partial charge in [0.15, 0.2) is 0 Å². The van der Waals surface area contributed by atoms with E-state index in [-0.39, 0.29) is 17.3 Å². The third-order valence-electron chi connectivity index (χ3n) is 8.40. The Kier molecular flexibility index (Phi) is 5.12. The lowest BCUT2D eigenvalue weighted by Crippen LogP contribution is -2.53. The number of aromatic amines is 1. The van der Waals surface area contributed by atoms with Crippen molar-refractivity contribution >= 4 is 10.9 Å². The molecule has 4 aromatic rings. The zero-order chi connectivity index (χ0) is 23.3. The van der Waals surface area contributed by atoms with Gasteiger partial charge in [0, 0.05) is 22.4 Å². The fraction of sp³-hybridized carbons (Fsp3) is 0.333. The minimum absolute atomic E-state index is 0.0802. The number of para-hydroxylation sites is 1. The van der Waals surface area contributed by atoms with Crippen LogP contribution in [-0.4, -0.2) is 30.6 Å². The molecule has 1 aliphatic carbocycles. The van der Waals surface area contributed by atoms with Crippen LogP contribution in [-0.2, 0) is 22.3 Å². The van der Waals surface area contributed by atoms with Gasteiger partial charge in [0.1, 0.15) is 11.4 Å². The molecule has 4 heteroatoms. The highest BCUT2D eigenvalue weighted by atomic mass is 19.1. The first kappa shape index (κ1) is 21.6. The minimum atomic E-state index is -0.460. The Bertz CT molecular complexity index is 1310. The number of halogens is 1. The fourth-order valence-corrected chi connectivity index (χ4v) is 6.63. The topological polar surface area (TPSA) is 28.3 Å². The smallest absolute Gasteiger partial charge is 0.123 e. The second-order valence-corrected chi connectivity index (χ2v) is 10.1. The molecule has 0 radical (unpaired) electrons. The molecule has 0 bridgehead atoms. The van der Waals surface area contributed by atoms with Crippen molar-refractivity contribution < 1.29 is 9.13 Å². The summed E-state index contributed by atoms with van der Waals surface area (Å²) in [4.78, 5) is 6.15. The van der Waals surface area contributed by atoms with Crippen LogP contribution < -0.4 is 0 Å². The van der Waals surface area contributed by atoms with Gasteiger partial charge in [-0.15, -0.1) is 0 Å². The second kappa shape index (κ2) is 8.07. The van der Waals surface area contributed by atoms with E-state index in [4.69, 9.17) is 4.74 Å². The molecule has 3 unspecified atom stereocenters. The largest absolute Gasteiger partial charge is 0.368 e. The number of nitrogens with one attached hydrogen (secondary N) is 1. The predicted octanol–water partition coefficient (Wildman–Crippen LogP) is 6.50. The first-order valence-corrected chi connectivity index (χ1v) is 12.3. The number of H-pyrrole nitrogens is 1. The van der Waals surface area contributed by atoms with E-state index < -0.39 is 5.60 Å².